The first-order chi connectivity index (χ1) is 19.7. The van der Waals surface area contributed by atoms with Crippen molar-refractivity contribution in [1.29, 1.82) is 0 Å². The number of hydrogen-bond donors (Lipinski definition) is 0. The number of likely N-dealkylation sites (tertiary alicyclic amines) is 1. The summed E-state index contributed by atoms with van der Waals surface area (Å²) in [5.41, 5.74) is 0.467. The fraction of sp³-hybridized carbons (Fsp3) is 0.481. The van der Waals surface area contributed by atoms with Crippen molar-refractivity contribution in [3.8, 4) is 0 Å². The van der Waals surface area contributed by atoms with E-state index in [0.29, 0.717) is 33.0 Å². The molecule has 3 aliphatic rings. The molecule has 0 atom stereocenters. The maximum absolute atomic E-state index is 15.4. The molecule has 1 heterocycles. The van der Waals surface area contributed by atoms with Crippen molar-refractivity contribution in [3.63, 3.8) is 0 Å². The topological polar surface area (TPSA) is 84.0 Å². The lowest BCUT2D eigenvalue weighted by atomic mass is 9.98. The maximum Gasteiger partial charge on any atom is 0.493 e. The van der Waals surface area contributed by atoms with Crippen LogP contribution in [0, 0.1) is 5.82 Å². The van der Waals surface area contributed by atoms with Crippen LogP contribution in [0.3, 0.4) is 0 Å². The van der Waals surface area contributed by atoms with Crippen LogP contribution in [-0.2, 0) is 26.2 Å². The van der Waals surface area contributed by atoms with E-state index in [0.717, 1.165) is 49.7 Å². The number of halogens is 6. The number of hydroxylamine groups is 1. The van der Waals surface area contributed by atoms with Crippen LogP contribution >= 0.6 is 35.0 Å². The smallest absolute Gasteiger partial charge is 0.314 e. The lowest BCUT2D eigenvalue weighted by molar-refractivity contribution is -0.217. The van der Waals surface area contributed by atoms with Crippen LogP contribution in [0.2, 0.25) is 10.0 Å². The second-order valence-corrected chi connectivity index (χ2v) is 14.9. The van der Waals surface area contributed by atoms with Crippen LogP contribution in [0.15, 0.2) is 35.2 Å². The zero-order valence-corrected chi connectivity index (χ0v) is 25.1. The van der Waals surface area contributed by atoms with Crippen molar-refractivity contribution in [1.82, 2.24) is 9.37 Å². The van der Waals surface area contributed by atoms with Crippen molar-refractivity contribution in [2.24, 2.45) is 0 Å². The summed E-state index contributed by atoms with van der Waals surface area (Å²) in [6.45, 7) is 1.82. The molecule has 0 aromatic heterocycles. The monoisotopic (exact) mass is 668 g/mol. The van der Waals surface area contributed by atoms with Crippen LogP contribution in [0.4, 0.5) is 17.6 Å². The van der Waals surface area contributed by atoms with Gasteiger partial charge in [-0.25, -0.2) is 17.6 Å². The lowest BCUT2D eigenvalue weighted by Crippen LogP contribution is -2.44. The number of nitrogens with zero attached hydrogens (tertiary/aromatic N) is 2. The second-order valence-electron chi connectivity index (χ2n) is 10.7. The number of piperidine rings is 1. The third kappa shape index (κ3) is 7.35. The molecule has 2 aromatic rings. The lowest BCUT2D eigenvalue weighted by Gasteiger charge is -2.32. The van der Waals surface area contributed by atoms with Crippen molar-refractivity contribution < 1.29 is 40.4 Å². The van der Waals surface area contributed by atoms with Gasteiger partial charge in [-0.05, 0) is 99.0 Å². The van der Waals surface area contributed by atoms with Crippen molar-refractivity contribution >= 4 is 56.9 Å². The van der Waals surface area contributed by atoms with E-state index in [1.165, 1.54) is 6.07 Å². The molecule has 1 aliphatic heterocycles. The second kappa shape index (κ2) is 12.1. The SMILES string of the molecule is O=C(c1cc(C2CC2)c(CN2CCC(Sc3cc(Cl)cc(Cl)c3)CC2)cc1F)N(OC(=O)C(F)(F)F)S(=O)(=O)C1CC1. The number of alkyl halides is 3. The molecule has 0 radical (unpaired) electrons. The van der Waals surface area contributed by atoms with Gasteiger partial charge in [0.05, 0.1) is 10.8 Å². The highest BCUT2D eigenvalue weighted by atomic mass is 35.5. The fourth-order valence-corrected chi connectivity index (χ4v) is 8.24. The average molecular weight is 670 g/mol. The van der Waals surface area contributed by atoms with Gasteiger partial charge >= 0.3 is 18.1 Å². The van der Waals surface area contributed by atoms with Gasteiger partial charge in [0.2, 0.25) is 0 Å². The van der Waals surface area contributed by atoms with E-state index in [4.69, 9.17) is 23.2 Å². The highest BCUT2D eigenvalue weighted by Crippen LogP contribution is 2.43. The Bertz CT molecular complexity index is 1470. The molecule has 1 amide bonds. The summed E-state index contributed by atoms with van der Waals surface area (Å²) < 4.78 is 78.9. The minimum absolute atomic E-state index is 0.000892. The molecule has 1 saturated heterocycles. The average Bonchev–Trinajstić information content (AvgIpc) is 3.80. The number of amides is 1. The molecule has 228 valence electrons. The largest absolute Gasteiger partial charge is 0.493 e. The summed E-state index contributed by atoms with van der Waals surface area (Å²) >= 11 is 13.9. The van der Waals surface area contributed by atoms with Crippen LogP contribution < -0.4 is 0 Å². The Hall–Kier alpha value is -2.06. The summed E-state index contributed by atoms with van der Waals surface area (Å²) in [4.78, 5) is 31.8. The molecule has 7 nitrogen and oxygen atoms in total. The zero-order valence-electron chi connectivity index (χ0n) is 22.0. The maximum atomic E-state index is 15.4. The first-order valence-corrected chi connectivity index (χ1v) is 16.4. The van der Waals surface area contributed by atoms with E-state index in [1.807, 2.05) is 12.1 Å². The number of benzene rings is 2. The Balaban J connectivity index is 1.32. The molecule has 3 fully saturated rings. The van der Waals surface area contributed by atoms with Crippen LogP contribution in [0.25, 0.3) is 0 Å². The van der Waals surface area contributed by atoms with E-state index in [2.05, 4.69) is 9.74 Å². The molecular weight excluding hydrogens is 643 g/mol. The van der Waals surface area contributed by atoms with Gasteiger partial charge in [-0.2, -0.15) is 13.2 Å². The molecule has 15 heteroatoms. The summed E-state index contributed by atoms with van der Waals surface area (Å²) in [6.07, 6.45) is -2.18. The van der Waals surface area contributed by atoms with Gasteiger partial charge in [0.15, 0.2) is 0 Å². The number of carbonyl (C=O) groups is 2. The van der Waals surface area contributed by atoms with Crippen LogP contribution in [-0.4, -0.2) is 59.4 Å². The number of carbonyl (C=O) groups excluding carboxylic acids is 2. The zero-order chi connectivity index (χ0) is 30.4. The summed E-state index contributed by atoms with van der Waals surface area (Å²) in [5, 5.41) is 0.260. The molecule has 42 heavy (non-hydrogen) atoms. The van der Waals surface area contributed by atoms with Gasteiger partial charge in [0.1, 0.15) is 5.82 Å². The Kier molecular flexibility index (Phi) is 9.07. The van der Waals surface area contributed by atoms with Crippen LogP contribution in [0.1, 0.15) is 65.9 Å². The highest BCUT2D eigenvalue weighted by Gasteiger charge is 2.50. The first-order valence-electron chi connectivity index (χ1n) is 13.3. The minimum atomic E-state index is -5.56. The molecule has 0 N–H and O–H groups in total. The number of sulfonamides is 1. The molecular formula is C27H26Cl2F4N2O5S2. The molecule has 2 aromatic carbocycles. The quantitative estimate of drug-likeness (QED) is 0.228. The number of thioether (sulfide) groups is 1. The van der Waals surface area contributed by atoms with Crippen LogP contribution in [0.5, 0.6) is 0 Å². The first kappa shape index (κ1) is 31.4. The third-order valence-corrected chi connectivity index (χ3v) is 11.0. The van der Waals surface area contributed by atoms with Gasteiger partial charge in [-0.15, -0.1) is 11.8 Å². The standard InChI is InChI=1S/C27H26Cl2F4N2O5S2/c28-17-10-18(29)12-20(11-17)41-19-5-7-34(8-6-19)14-16-9-24(30)23(13-22(16)15-1-2-15)25(36)35(40-26(37)27(31,32)33)42(38,39)21-3-4-21/h9-13,15,19,21H,1-8,14H2. The molecule has 0 unspecified atom stereocenters. The molecule has 0 spiro atoms. The molecule has 0 bridgehead atoms. The van der Waals surface area contributed by atoms with Crippen molar-refractivity contribution in [3.05, 3.63) is 62.9 Å². The minimum Gasteiger partial charge on any atom is -0.314 e. The summed E-state index contributed by atoms with van der Waals surface area (Å²) in [5.74, 6) is -5.68. The van der Waals surface area contributed by atoms with Gasteiger partial charge in [-0.3, -0.25) is 9.69 Å². The van der Waals surface area contributed by atoms with E-state index in [9.17, 15) is 31.2 Å². The Morgan fingerprint density at radius 2 is 1.60 bits per heavy atom. The summed E-state index contributed by atoms with van der Waals surface area (Å²) in [6, 6.07) is 7.71. The highest BCUT2D eigenvalue weighted by molar-refractivity contribution is 8.00. The van der Waals surface area contributed by atoms with Crippen molar-refractivity contribution in [2.45, 2.75) is 72.6 Å². The predicted octanol–water partition coefficient (Wildman–Crippen LogP) is 6.72. The Labute approximate surface area is 254 Å². The van der Waals surface area contributed by atoms with Gasteiger partial charge in [-0.1, -0.05) is 27.7 Å². The third-order valence-electron chi connectivity index (χ3n) is 7.28. The van der Waals surface area contributed by atoms with Gasteiger partial charge in [0, 0.05) is 26.7 Å². The van der Waals surface area contributed by atoms with Gasteiger partial charge in [0.25, 0.3) is 10.0 Å². The molecule has 2 aliphatic carbocycles. The van der Waals surface area contributed by atoms with Crippen molar-refractivity contribution in [2.75, 3.05) is 13.1 Å². The Morgan fingerprint density at radius 1 is 0.976 bits per heavy atom. The normalized spacial score (nSPS) is 18.6. The van der Waals surface area contributed by atoms with E-state index in [1.54, 1.807) is 17.8 Å². The molecule has 2 saturated carbocycles. The molecule has 5 rings (SSSR count). The summed E-state index contributed by atoms with van der Waals surface area (Å²) in [7, 11) is -4.78. The number of hydrogen-bond acceptors (Lipinski definition) is 7. The Morgan fingerprint density at radius 3 is 2.14 bits per heavy atom. The van der Waals surface area contributed by atoms with E-state index in [-0.39, 0.29) is 18.8 Å². The van der Waals surface area contributed by atoms with E-state index >= 15 is 4.39 Å². The van der Waals surface area contributed by atoms with Gasteiger partial charge < -0.3 is 4.84 Å². The van der Waals surface area contributed by atoms with E-state index < -0.39 is 49.2 Å². The predicted molar refractivity (Wildman–Crippen MR) is 149 cm³/mol. The fourth-order valence-electron chi connectivity index (χ4n) is 4.86. The number of rotatable bonds is 8.